The molecular weight excluding hydrogens is 208 g/mol. The fraction of sp³-hybridized carbons (Fsp3) is 0.250. The molecule has 84 valence electrons. The van der Waals surface area contributed by atoms with Crippen molar-refractivity contribution in [1.82, 2.24) is 0 Å². The molecule has 1 N–H and O–H groups in total. The lowest BCUT2D eigenvalue weighted by atomic mass is 9.62. The fourth-order valence-corrected chi connectivity index (χ4v) is 3.60. The first-order valence-electron chi connectivity index (χ1n) is 6.22. The van der Waals surface area contributed by atoms with E-state index in [1.54, 1.807) is 0 Å². The Morgan fingerprint density at radius 2 is 1.24 bits per heavy atom. The van der Waals surface area contributed by atoms with E-state index in [-0.39, 0.29) is 12.0 Å². The first kappa shape index (κ1) is 9.43. The summed E-state index contributed by atoms with van der Waals surface area (Å²) in [5.74, 6) is 0.579. The molecule has 1 atom stereocenters. The summed E-state index contributed by atoms with van der Waals surface area (Å²) in [5.41, 5.74) is 5.49. The minimum atomic E-state index is -0.218. The second-order valence-corrected chi connectivity index (χ2v) is 5.09. The summed E-state index contributed by atoms with van der Waals surface area (Å²) in [5, 5.41) is 10.3. The van der Waals surface area contributed by atoms with Crippen LogP contribution in [0.3, 0.4) is 0 Å². The molecule has 0 aliphatic heterocycles. The van der Waals surface area contributed by atoms with Crippen LogP contribution in [0.1, 0.15) is 40.5 Å². The van der Waals surface area contributed by atoms with Crippen LogP contribution in [0.2, 0.25) is 0 Å². The van der Waals surface area contributed by atoms with Crippen LogP contribution in [0.4, 0.5) is 0 Å². The Kier molecular flexibility index (Phi) is 1.78. The van der Waals surface area contributed by atoms with Crippen molar-refractivity contribution in [1.29, 1.82) is 0 Å². The van der Waals surface area contributed by atoms with Gasteiger partial charge in [-0.3, -0.25) is 0 Å². The minimum absolute atomic E-state index is 0.187. The molecule has 0 aromatic heterocycles. The van der Waals surface area contributed by atoms with Crippen LogP contribution in [0.25, 0.3) is 0 Å². The summed E-state index contributed by atoms with van der Waals surface area (Å²) in [7, 11) is 0. The average molecular weight is 222 g/mol. The van der Waals surface area contributed by atoms with Gasteiger partial charge in [-0.05, 0) is 28.7 Å². The zero-order chi connectivity index (χ0) is 11.4. The van der Waals surface area contributed by atoms with Gasteiger partial charge in [0.05, 0.1) is 6.10 Å². The number of fused-ring (bicyclic) bond motifs is 1. The van der Waals surface area contributed by atoms with E-state index in [0.29, 0.717) is 5.92 Å². The fourth-order valence-electron chi connectivity index (χ4n) is 3.60. The van der Waals surface area contributed by atoms with Crippen molar-refractivity contribution in [2.45, 2.75) is 24.4 Å². The second-order valence-electron chi connectivity index (χ2n) is 5.09. The van der Waals surface area contributed by atoms with E-state index in [9.17, 15) is 5.11 Å². The first-order chi connectivity index (χ1) is 8.36. The Morgan fingerprint density at radius 3 is 1.76 bits per heavy atom. The highest BCUT2D eigenvalue weighted by Crippen LogP contribution is 2.52. The van der Waals surface area contributed by atoms with Gasteiger partial charge in [0, 0.05) is 11.8 Å². The van der Waals surface area contributed by atoms with Crippen molar-refractivity contribution in [2.75, 3.05) is 0 Å². The third-order valence-corrected chi connectivity index (χ3v) is 4.27. The van der Waals surface area contributed by atoms with Gasteiger partial charge in [-0.25, -0.2) is 0 Å². The smallest absolute Gasteiger partial charge is 0.0658 e. The number of hydrogen-bond donors (Lipinski definition) is 1. The molecule has 0 fully saturated rings. The van der Waals surface area contributed by atoms with Gasteiger partial charge >= 0.3 is 0 Å². The van der Waals surface area contributed by atoms with Gasteiger partial charge < -0.3 is 5.11 Å². The molecular formula is C16H14O. The maximum atomic E-state index is 10.3. The number of rotatable bonds is 0. The standard InChI is InChI=1S/C16H14O/c17-15-9-14-10-5-1-3-7-12(10)16(15)13-8-4-2-6-11(13)14/h1-8,14-17H,9H2/t14?,15-,16?/m1/s1. The van der Waals surface area contributed by atoms with Gasteiger partial charge in [0.1, 0.15) is 0 Å². The molecule has 0 amide bonds. The molecule has 1 nitrogen and oxygen atoms in total. The van der Waals surface area contributed by atoms with E-state index >= 15 is 0 Å². The van der Waals surface area contributed by atoms with Gasteiger partial charge in [-0.1, -0.05) is 48.5 Å². The van der Waals surface area contributed by atoms with Crippen LogP contribution in [-0.4, -0.2) is 11.2 Å². The van der Waals surface area contributed by atoms with Gasteiger partial charge in [0.25, 0.3) is 0 Å². The lowest BCUT2D eigenvalue weighted by molar-refractivity contribution is 0.124. The maximum absolute atomic E-state index is 10.3. The quantitative estimate of drug-likeness (QED) is 0.726. The molecule has 0 saturated carbocycles. The monoisotopic (exact) mass is 222 g/mol. The molecule has 17 heavy (non-hydrogen) atoms. The van der Waals surface area contributed by atoms with Crippen molar-refractivity contribution in [2.24, 2.45) is 0 Å². The molecule has 1 heteroatoms. The van der Waals surface area contributed by atoms with Crippen LogP contribution in [0, 0.1) is 0 Å². The summed E-state index contributed by atoms with van der Waals surface area (Å²) >= 11 is 0. The molecule has 0 saturated heterocycles. The average Bonchev–Trinajstić information content (AvgIpc) is 2.39. The SMILES string of the molecule is O[C@@H]1CC2c3ccccc3C1c1ccccc12. The van der Waals surface area contributed by atoms with Crippen molar-refractivity contribution in [3.63, 3.8) is 0 Å². The van der Waals surface area contributed by atoms with Gasteiger partial charge in [0.15, 0.2) is 0 Å². The Balaban J connectivity index is 2.04. The van der Waals surface area contributed by atoms with Gasteiger partial charge in [0.2, 0.25) is 0 Å². The predicted molar refractivity (Wildman–Crippen MR) is 67.2 cm³/mol. The molecule has 2 aromatic carbocycles. The Labute approximate surface area is 101 Å². The highest BCUT2D eigenvalue weighted by atomic mass is 16.3. The molecule has 2 bridgehead atoms. The summed E-state index contributed by atoms with van der Waals surface area (Å²) in [6, 6.07) is 17.1. The van der Waals surface area contributed by atoms with Crippen molar-refractivity contribution in [3.05, 3.63) is 70.8 Å². The molecule has 0 unspecified atom stereocenters. The van der Waals surface area contributed by atoms with Crippen molar-refractivity contribution < 1.29 is 5.11 Å². The molecule has 0 spiro atoms. The summed E-state index contributed by atoms with van der Waals surface area (Å²) in [4.78, 5) is 0. The Morgan fingerprint density at radius 1 is 0.765 bits per heavy atom. The molecule has 2 aromatic rings. The Hall–Kier alpha value is -1.60. The van der Waals surface area contributed by atoms with Crippen LogP contribution >= 0.6 is 0 Å². The minimum Gasteiger partial charge on any atom is -0.392 e. The lowest BCUT2D eigenvalue weighted by Gasteiger charge is -2.43. The highest BCUT2D eigenvalue weighted by Gasteiger charge is 2.42. The van der Waals surface area contributed by atoms with E-state index in [2.05, 4.69) is 48.5 Å². The third kappa shape index (κ3) is 1.12. The molecule has 3 aliphatic rings. The lowest BCUT2D eigenvalue weighted by Crippen LogP contribution is -2.35. The third-order valence-electron chi connectivity index (χ3n) is 4.27. The molecule has 5 rings (SSSR count). The number of benzene rings is 2. The van der Waals surface area contributed by atoms with Gasteiger partial charge in [-0.2, -0.15) is 0 Å². The van der Waals surface area contributed by atoms with Crippen LogP contribution in [-0.2, 0) is 0 Å². The summed E-state index contributed by atoms with van der Waals surface area (Å²) in [6.07, 6.45) is 0.656. The van der Waals surface area contributed by atoms with Crippen LogP contribution in [0.5, 0.6) is 0 Å². The van der Waals surface area contributed by atoms with Gasteiger partial charge in [-0.15, -0.1) is 0 Å². The number of aliphatic hydroxyl groups is 1. The summed E-state index contributed by atoms with van der Waals surface area (Å²) < 4.78 is 0. The van der Waals surface area contributed by atoms with Crippen LogP contribution < -0.4 is 0 Å². The summed E-state index contributed by atoms with van der Waals surface area (Å²) in [6.45, 7) is 0. The van der Waals surface area contributed by atoms with Crippen molar-refractivity contribution >= 4 is 0 Å². The van der Waals surface area contributed by atoms with E-state index in [1.807, 2.05) is 0 Å². The number of hydrogen-bond acceptors (Lipinski definition) is 1. The largest absolute Gasteiger partial charge is 0.392 e. The zero-order valence-electron chi connectivity index (χ0n) is 9.51. The molecule has 0 heterocycles. The topological polar surface area (TPSA) is 20.2 Å². The van der Waals surface area contributed by atoms with E-state index in [4.69, 9.17) is 0 Å². The van der Waals surface area contributed by atoms with E-state index in [1.165, 1.54) is 22.3 Å². The van der Waals surface area contributed by atoms with Crippen LogP contribution in [0.15, 0.2) is 48.5 Å². The predicted octanol–water partition coefficient (Wildman–Crippen LogP) is 3.03. The molecule has 0 radical (unpaired) electrons. The second kappa shape index (κ2) is 3.21. The Bertz CT molecular complexity index is 540. The maximum Gasteiger partial charge on any atom is 0.0658 e. The first-order valence-corrected chi connectivity index (χ1v) is 6.22. The number of aliphatic hydroxyl groups excluding tert-OH is 1. The van der Waals surface area contributed by atoms with E-state index < -0.39 is 0 Å². The molecule has 3 aliphatic carbocycles. The van der Waals surface area contributed by atoms with Crippen molar-refractivity contribution in [3.8, 4) is 0 Å². The van der Waals surface area contributed by atoms with E-state index in [0.717, 1.165) is 6.42 Å². The normalized spacial score (nSPS) is 28.6. The highest BCUT2D eigenvalue weighted by molar-refractivity contribution is 5.55. The zero-order valence-corrected chi connectivity index (χ0v) is 9.51.